The minimum atomic E-state index is -0.286. The molecule has 0 saturated heterocycles. The van der Waals surface area contributed by atoms with Crippen molar-refractivity contribution in [3.05, 3.63) is 90.9 Å². The van der Waals surface area contributed by atoms with Gasteiger partial charge in [-0.25, -0.2) is 14.4 Å². The summed E-state index contributed by atoms with van der Waals surface area (Å²) in [5.74, 6) is 0.147. The highest BCUT2D eigenvalue weighted by Gasteiger charge is 2.15. The summed E-state index contributed by atoms with van der Waals surface area (Å²) >= 11 is 1.50. The molecule has 2 heterocycles. The number of hydrogen-bond donors (Lipinski definition) is 3. The Balaban J connectivity index is 1.60. The van der Waals surface area contributed by atoms with Crippen molar-refractivity contribution < 1.29 is 9.18 Å². The van der Waals surface area contributed by atoms with Crippen molar-refractivity contribution in [2.75, 3.05) is 11.6 Å². The quantitative estimate of drug-likeness (QED) is 0.238. The fraction of sp³-hybridized carbons (Fsp3) is 0.0800. The fourth-order valence-electron chi connectivity index (χ4n) is 3.30. The van der Waals surface area contributed by atoms with Crippen molar-refractivity contribution in [2.45, 2.75) is 11.7 Å². The van der Waals surface area contributed by atoms with Gasteiger partial charge in [-0.3, -0.25) is 4.79 Å². The molecule has 0 aliphatic heterocycles. The van der Waals surface area contributed by atoms with Crippen molar-refractivity contribution in [3.63, 3.8) is 0 Å². The van der Waals surface area contributed by atoms with Crippen LogP contribution in [0.2, 0.25) is 0 Å². The summed E-state index contributed by atoms with van der Waals surface area (Å²) in [6.45, 7) is 3.86. The van der Waals surface area contributed by atoms with Gasteiger partial charge in [0, 0.05) is 29.6 Å². The molecule has 8 heteroatoms. The number of anilines is 2. The second-order valence-corrected chi connectivity index (χ2v) is 7.95. The van der Waals surface area contributed by atoms with Gasteiger partial charge in [0.15, 0.2) is 5.16 Å². The third-order valence-electron chi connectivity index (χ3n) is 4.89. The Morgan fingerprint density at radius 2 is 1.97 bits per heavy atom. The van der Waals surface area contributed by atoms with Gasteiger partial charge in [-0.15, -0.1) is 0 Å². The molecular weight excluding hydrogens is 437 g/mol. The van der Waals surface area contributed by atoms with E-state index in [9.17, 15) is 9.18 Å². The maximum absolute atomic E-state index is 13.4. The summed E-state index contributed by atoms with van der Waals surface area (Å²) in [6, 6.07) is 17.8. The summed E-state index contributed by atoms with van der Waals surface area (Å²) in [5.41, 5.74) is 5.09. The second-order valence-electron chi connectivity index (χ2n) is 7.15. The van der Waals surface area contributed by atoms with Crippen molar-refractivity contribution in [3.8, 4) is 22.5 Å². The smallest absolute Gasteiger partial charge is 0.243 e. The van der Waals surface area contributed by atoms with Crippen LogP contribution in [0.15, 0.2) is 84.7 Å². The Labute approximate surface area is 195 Å². The molecule has 4 rings (SSSR count). The monoisotopic (exact) mass is 459 g/mol. The van der Waals surface area contributed by atoms with Gasteiger partial charge in [0.25, 0.3) is 0 Å². The van der Waals surface area contributed by atoms with Gasteiger partial charge in [-0.2, -0.15) is 0 Å². The number of aromatic amines is 1. The number of H-pyrrole nitrogens is 1. The van der Waals surface area contributed by atoms with Crippen LogP contribution in [0.3, 0.4) is 0 Å². The number of pyridine rings is 1. The number of thioether (sulfide) groups is 1. The SMILES string of the molecule is C=CC(=O)NCc1cccc(Nc2cc(-c3nc(SC)[nH]c3-c3ccc(F)cc3)ccn2)c1. The van der Waals surface area contributed by atoms with Gasteiger partial charge in [-0.1, -0.05) is 30.5 Å². The van der Waals surface area contributed by atoms with Gasteiger partial charge in [0.1, 0.15) is 11.6 Å². The Hall–Kier alpha value is -3.91. The molecule has 3 N–H and O–H groups in total. The Bertz CT molecular complexity index is 1290. The number of benzene rings is 2. The number of carbonyl (C=O) groups excluding carboxylic acids is 1. The van der Waals surface area contributed by atoms with Crippen molar-refractivity contribution in [2.24, 2.45) is 0 Å². The third kappa shape index (κ3) is 5.48. The number of nitrogens with zero attached hydrogens (tertiary/aromatic N) is 2. The van der Waals surface area contributed by atoms with E-state index in [0.29, 0.717) is 12.4 Å². The maximum atomic E-state index is 13.4. The molecular formula is C25H22FN5OS. The predicted molar refractivity (Wildman–Crippen MR) is 131 cm³/mol. The number of nitrogens with one attached hydrogen (secondary N) is 3. The van der Waals surface area contributed by atoms with E-state index in [1.807, 2.05) is 42.7 Å². The summed E-state index contributed by atoms with van der Waals surface area (Å²) in [4.78, 5) is 23.9. The lowest BCUT2D eigenvalue weighted by atomic mass is 10.1. The molecule has 0 fully saturated rings. The van der Waals surface area contributed by atoms with Crippen LogP contribution in [0.4, 0.5) is 15.9 Å². The standard InChI is InChI=1S/C25H22FN5OS/c1-3-22(32)28-15-16-5-4-6-20(13-16)29-21-14-18(11-12-27-21)24-23(30-25(31-24)33-2)17-7-9-19(26)10-8-17/h3-14H,1,15H2,2H3,(H,27,29)(H,28,32)(H,30,31). The Morgan fingerprint density at radius 1 is 1.15 bits per heavy atom. The summed E-state index contributed by atoms with van der Waals surface area (Å²) < 4.78 is 13.4. The topological polar surface area (TPSA) is 82.7 Å². The molecule has 0 aliphatic rings. The highest BCUT2D eigenvalue weighted by atomic mass is 32.2. The second kappa shape index (κ2) is 10.1. The van der Waals surface area contributed by atoms with Crippen LogP contribution >= 0.6 is 11.8 Å². The van der Waals surface area contributed by atoms with Crippen LogP contribution in [0, 0.1) is 5.82 Å². The van der Waals surface area contributed by atoms with E-state index < -0.39 is 0 Å². The van der Waals surface area contributed by atoms with E-state index in [-0.39, 0.29) is 11.7 Å². The average molecular weight is 460 g/mol. The first-order chi connectivity index (χ1) is 16.1. The lowest BCUT2D eigenvalue weighted by Crippen LogP contribution is -2.19. The number of hydrogen-bond acceptors (Lipinski definition) is 5. The van der Waals surface area contributed by atoms with Crippen LogP contribution in [0.1, 0.15) is 5.56 Å². The fourth-order valence-corrected chi connectivity index (χ4v) is 3.68. The normalized spacial score (nSPS) is 10.6. The molecule has 4 aromatic rings. The maximum Gasteiger partial charge on any atom is 0.243 e. The van der Waals surface area contributed by atoms with Gasteiger partial charge in [0.05, 0.1) is 11.4 Å². The summed E-state index contributed by atoms with van der Waals surface area (Å²) in [5, 5.41) is 6.84. The van der Waals surface area contributed by atoms with Crippen molar-refractivity contribution >= 4 is 29.2 Å². The largest absolute Gasteiger partial charge is 0.348 e. The molecule has 6 nitrogen and oxygen atoms in total. The number of halogens is 1. The van der Waals surface area contributed by atoms with E-state index in [4.69, 9.17) is 4.98 Å². The number of amides is 1. The number of rotatable bonds is 8. The zero-order valence-electron chi connectivity index (χ0n) is 17.9. The molecule has 33 heavy (non-hydrogen) atoms. The van der Waals surface area contributed by atoms with Crippen LogP contribution < -0.4 is 10.6 Å². The van der Waals surface area contributed by atoms with E-state index in [2.05, 4.69) is 27.2 Å². The molecule has 0 saturated carbocycles. The predicted octanol–water partition coefficient (Wildman–Crippen LogP) is 5.55. The first-order valence-electron chi connectivity index (χ1n) is 10.2. The van der Waals surface area contributed by atoms with Crippen molar-refractivity contribution in [1.82, 2.24) is 20.3 Å². The molecule has 0 aliphatic carbocycles. The first-order valence-corrected chi connectivity index (χ1v) is 11.4. The number of aromatic nitrogens is 3. The Kier molecular flexibility index (Phi) is 6.85. The highest BCUT2D eigenvalue weighted by molar-refractivity contribution is 7.98. The molecule has 1 amide bonds. The number of carbonyl (C=O) groups is 1. The Morgan fingerprint density at radius 3 is 2.73 bits per heavy atom. The van der Waals surface area contributed by atoms with E-state index in [0.717, 1.165) is 38.9 Å². The average Bonchev–Trinajstić information content (AvgIpc) is 3.28. The lowest BCUT2D eigenvalue weighted by molar-refractivity contribution is -0.116. The molecule has 0 bridgehead atoms. The molecule has 2 aromatic heterocycles. The van der Waals surface area contributed by atoms with Gasteiger partial charge >= 0.3 is 0 Å². The summed E-state index contributed by atoms with van der Waals surface area (Å²) in [7, 11) is 0. The molecule has 166 valence electrons. The van der Waals surface area contributed by atoms with E-state index >= 15 is 0 Å². The van der Waals surface area contributed by atoms with Gasteiger partial charge < -0.3 is 15.6 Å². The third-order valence-corrected chi connectivity index (χ3v) is 5.47. The number of imidazole rings is 1. The molecule has 2 aromatic carbocycles. The summed E-state index contributed by atoms with van der Waals surface area (Å²) in [6.07, 6.45) is 4.91. The van der Waals surface area contributed by atoms with Gasteiger partial charge in [-0.05, 0) is 66.4 Å². The zero-order chi connectivity index (χ0) is 23.2. The molecule has 0 unspecified atom stereocenters. The molecule has 0 spiro atoms. The molecule has 0 atom stereocenters. The highest BCUT2D eigenvalue weighted by Crippen LogP contribution is 2.33. The van der Waals surface area contributed by atoms with Gasteiger partial charge in [0.2, 0.25) is 5.91 Å². The van der Waals surface area contributed by atoms with Crippen LogP contribution in [-0.2, 0) is 11.3 Å². The van der Waals surface area contributed by atoms with Crippen molar-refractivity contribution in [1.29, 1.82) is 0 Å². The minimum absolute atomic E-state index is 0.219. The van der Waals surface area contributed by atoms with Crippen LogP contribution in [0.5, 0.6) is 0 Å². The van der Waals surface area contributed by atoms with E-state index in [1.165, 1.54) is 30.0 Å². The zero-order valence-corrected chi connectivity index (χ0v) is 18.7. The molecule has 0 radical (unpaired) electrons. The van der Waals surface area contributed by atoms with Crippen LogP contribution in [-0.4, -0.2) is 27.1 Å². The first kappa shape index (κ1) is 22.3. The minimum Gasteiger partial charge on any atom is -0.348 e. The lowest BCUT2D eigenvalue weighted by Gasteiger charge is -2.10. The van der Waals surface area contributed by atoms with E-state index in [1.54, 1.807) is 18.3 Å². The van der Waals surface area contributed by atoms with Crippen LogP contribution in [0.25, 0.3) is 22.5 Å².